The molecular formula is C26H37N7O5. The van der Waals surface area contributed by atoms with Gasteiger partial charge in [0.2, 0.25) is 17.7 Å². The molecule has 3 amide bonds. The second-order valence-electron chi connectivity index (χ2n) is 9.43. The lowest BCUT2D eigenvalue weighted by molar-refractivity contribution is -0.142. The van der Waals surface area contributed by atoms with Crippen molar-refractivity contribution in [3.05, 3.63) is 54.1 Å². The predicted molar refractivity (Wildman–Crippen MR) is 140 cm³/mol. The fourth-order valence-corrected chi connectivity index (χ4v) is 4.36. The van der Waals surface area contributed by atoms with Gasteiger partial charge in [-0.15, -0.1) is 0 Å². The van der Waals surface area contributed by atoms with Gasteiger partial charge in [-0.25, -0.2) is 9.78 Å². The van der Waals surface area contributed by atoms with Crippen molar-refractivity contribution in [1.82, 2.24) is 31.2 Å². The van der Waals surface area contributed by atoms with E-state index in [1.54, 1.807) is 6.20 Å². The maximum Gasteiger partial charge on any atom is 0.326 e. The number of amides is 3. The molecule has 12 nitrogen and oxygen atoms in total. The minimum atomic E-state index is -1.16. The number of aromatic nitrogens is 2. The minimum Gasteiger partial charge on any atom is -0.480 e. The van der Waals surface area contributed by atoms with Crippen molar-refractivity contribution in [2.24, 2.45) is 5.73 Å². The molecule has 4 atom stereocenters. The van der Waals surface area contributed by atoms with Crippen LogP contribution in [0.15, 0.2) is 42.9 Å². The third-order valence-corrected chi connectivity index (χ3v) is 6.47. The summed E-state index contributed by atoms with van der Waals surface area (Å²) in [7, 11) is 0. The van der Waals surface area contributed by atoms with E-state index in [1.807, 2.05) is 30.3 Å². The number of rotatable bonds is 15. The molecule has 12 heteroatoms. The quantitative estimate of drug-likeness (QED) is 0.152. The minimum absolute atomic E-state index is 0.140. The van der Waals surface area contributed by atoms with Crippen LogP contribution in [0, 0.1) is 0 Å². The highest BCUT2D eigenvalue weighted by Gasteiger charge is 2.32. The molecule has 4 unspecified atom stereocenters. The first-order valence-electron chi connectivity index (χ1n) is 13.0. The van der Waals surface area contributed by atoms with E-state index >= 15 is 0 Å². The second kappa shape index (κ2) is 14.8. The number of carboxylic acids is 1. The fourth-order valence-electron chi connectivity index (χ4n) is 4.36. The number of hydrogen-bond acceptors (Lipinski definition) is 7. The van der Waals surface area contributed by atoms with Crippen molar-refractivity contribution in [3.8, 4) is 0 Å². The number of aliphatic carboxylic acids is 1. The zero-order valence-corrected chi connectivity index (χ0v) is 21.3. The largest absolute Gasteiger partial charge is 0.480 e. The molecule has 1 fully saturated rings. The van der Waals surface area contributed by atoms with Gasteiger partial charge in [-0.3, -0.25) is 14.4 Å². The lowest BCUT2D eigenvalue weighted by Gasteiger charge is -2.25. The standard InChI is InChI=1S/C26H37N7O5/c27-11-5-4-9-20(26(37)38)31-24(35)21(13-17-7-2-1-3-8-17)32-25(36)22(14-18-15-28-16-30-18)33-23(34)19-10-6-12-29-19/h1-3,7-8,15-16,19-22,29H,4-6,9-14,27H2,(H,28,30)(H,31,35)(H,32,36)(H,33,34)(H,37,38). The van der Waals surface area contributed by atoms with Crippen LogP contribution in [-0.2, 0) is 32.0 Å². The predicted octanol–water partition coefficient (Wildman–Crippen LogP) is -0.385. The van der Waals surface area contributed by atoms with E-state index < -0.39 is 35.9 Å². The Morgan fingerprint density at radius 2 is 1.71 bits per heavy atom. The Hall–Kier alpha value is -3.77. The Kier molecular flexibility index (Phi) is 11.2. The lowest BCUT2D eigenvalue weighted by Crippen LogP contribution is -2.58. The first-order chi connectivity index (χ1) is 18.4. The molecule has 0 aliphatic carbocycles. The van der Waals surface area contributed by atoms with E-state index in [0.29, 0.717) is 31.5 Å². The molecule has 2 aromatic rings. The molecule has 38 heavy (non-hydrogen) atoms. The number of benzene rings is 1. The Morgan fingerprint density at radius 1 is 1.00 bits per heavy atom. The number of nitrogens with two attached hydrogens (primary N) is 1. The molecule has 0 bridgehead atoms. The zero-order chi connectivity index (χ0) is 27.3. The summed E-state index contributed by atoms with van der Waals surface area (Å²) in [5.41, 5.74) is 6.93. The number of nitrogens with one attached hydrogen (secondary N) is 5. The Balaban J connectivity index is 1.76. The summed E-state index contributed by atoms with van der Waals surface area (Å²) in [6.07, 6.45) is 6.25. The summed E-state index contributed by atoms with van der Waals surface area (Å²) < 4.78 is 0. The van der Waals surface area contributed by atoms with Gasteiger partial charge < -0.3 is 37.1 Å². The molecule has 2 heterocycles. The van der Waals surface area contributed by atoms with Gasteiger partial charge in [0.15, 0.2) is 0 Å². The van der Waals surface area contributed by atoms with Gasteiger partial charge in [-0.1, -0.05) is 30.3 Å². The van der Waals surface area contributed by atoms with Gasteiger partial charge >= 0.3 is 5.97 Å². The Bertz CT molecular complexity index is 1040. The van der Waals surface area contributed by atoms with Crippen LogP contribution in [0.3, 0.4) is 0 Å². The Morgan fingerprint density at radius 3 is 2.32 bits per heavy atom. The number of unbranched alkanes of at least 4 members (excludes halogenated alkanes) is 1. The van der Waals surface area contributed by atoms with Crippen LogP contribution in [0.25, 0.3) is 0 Å². The third kappa shape index (κ3) is 8.96. The summed E-state index contributed by atoms with van der Waals surface area (Å²) >= 11 is 0. The normalized spacial score (nSPS) is 17.2. The monoisotopic (exact) mass is 527 g/mol. The average Bonchev–Trinajstić information content (AvgIpc) is 3.62. The number of nitrogens with zero attached hydrogens (tertiary/aromatic N) is 1. The second-order valence-corrected chi connectivity index (χ2v) is 9.43. The van der Waals surface area contributed by atoms with Gasteiger partial charge in [0.1, 0.15) is 18.1 Å². The van der Waals surface area contributed by atoms with Gasteiger partial charge in [0.05, 0.1) is 12.4 Å². The maximum atomic E-state index is 13.5. The van der Waals surface area contributed by atoms with Crippen molar-refractivity contribution in [1.29, 1.82) is 0 Å². The van der Waals surface area contributed by atoms with E-state index in [0.717, 1.165) is 18.5 Å². The summed E-state index contributed by atoms with van der Waals surface area (Å²) in [5.74, 6) is -2.63. The summed E-state index contributed by atoms with van der Waals surface area (Å²) in [4.78, 5) is 58.2. The molecule has 1 aromatic heterocycles. The number of hydrogen-bond donors (Lipinski definition) is 7. The van der Waals surface area contributed by atoms with E-state index in [2.05, 4.69) is 31.2 Å². The Labute approximate surface area is 221 Å². The number of carbonyl (C=O) groups excluding carboxylic acids is 3. The van der Waals surface area contributed by atoms with Gasteiger partial charge in [0.25, 0.3) is 0 Å². The van der Waals surface area contributed by atoms with Crippen LogP contribution in [0.4, 0.5) is 0 Å². The number of carboxylic acid groups (broad SMARTS) is 1. The summed E-state index contributed by atoms with van der Waals surface area (Å²) in [5, 5.41) is 20.8. The summed E-state index contributed by atoms with van der Waals surface area (Å²) in [6.45, 7) is 1.15. The summed E-state index contributed by atoms with van der Waals surface area (Å²) in [6, 6.07) is 5.56. The SMILES string of the molecule is NCCCCC(NC(=O)C(Cc1ccccc1)NC(=O)C(Cc1cnc[nH]1)NC(=O)C1CCCN1)C(=O)O. The number of carbonyl (C=O) groups is 4. The first kappa shape index (κ1) is 28.8. The highest BCUT2D eigenvalue weighted by Crippen LogP contribution is 2.09. The van der Waals surface area contributed by atoms with E-state index in [-0.39, 0.29) is 31.2 Å². The van der Waals surface area contributed by atoms with Crippen molar-refractivity contribution >= 4 is 23.7 Å². The number of aromatic amines is 1. The number of imidazole rings is 1. The molecule has 1 aromatic carbocycles. The van der Waals surface area contributed by atoms with Crippen LogP contribution >= 0.6 is 0 Å². The van der Waals surface area contributed by atoms with Gasteiger partial charge in [-0.2, -0.15) is 0 Å². The highest BCUT2D eigenvalue weighted by molar-refractivity contribution is 5.94. The smallest absolute Gasteiger partial charge is 0.326 e. The van der Waals surface area contributed by atoms with Gasteiger partial charge in [0, 0.05) is 24.7 Å². The van der Waals surface area contributed by atoms with Crippen molar-refractivity contribution in [2.45, 2.75) is 69.1 Å². The van der Waals surface area contributed by atoms with Crippen LogP contribution in [0.2, 0.25) is 0 Å². The molecule has 1 aliphatic rings. The molecule has 3 rings (SSSR count). The van der Waals surface area contributed by atoms with Crippen LogP contribution < -0.4 is 27.0 Å². The van der Waals surface area contributed by atoms with E-state index in [4.69, 9.17) is 5.73 Å². The topological polar surface area (TPSA) is 191 Å². The van der Waals surface area contributed by atoms with Crippen LogP contribution in [-0.4, -0.2) is 76.0 Å². The highest BCUT2D eigenvalue weighted by atomic mass is 16.4. The molecule has 1 saturated heterocycles. The van der Waals surface area contributed by atoms with Gasteiger partial charge in [-0.05, 0) is 50.8 Å². The third-order valence-electron chi connectivity index (χ3n) is 6.47. The van der Waals surface area contributed by atoms with Crippen LogP contribution in [0.1, 0.15) is 43.4 Å². The lowest BCUT2D eigenvalue weighted by atomic mass is 10.0. The first-order valence-corrected chi connectivity index (χ1v) is 13.0. The molecule has 1 aliphatic heterocycles. The van der Waals surface area contributed by atoms with Crippen LogP contribution in [0.5, 0.6) is 0 Å². The molecule has 0 spiro atoms. The molecule has 206 valence electrons. The molecule has 0 saturated carbocycles. The van der Waals surface area contributed by atoms with E-state index in [1.165, 1.54) is 6.33 Å². The van der Waals surface area contributed by atoms with Crippen molar-refractivity contribution in [3.63, 3.8) is 0 Å². The molecular weight excluding hydrogens is 490 g/mol. The maximum absolute atomic E-state index is 13.5. The zero-order valence-electron chi connectivity index (χ0n) is 21.3. The average molecular weight is 528 g/mol. The van der Waals surface area contributed by atoms with Crippen molar-refractivity contribution < 1.29 is 24.3 Å². The number of H-pyrrole nitrogens is 1. The molecule has 0 radical (unpaired) electrons. The van der Waals surface area contributed by atoms with Crippen molar-refractivity contribution in [2.75, 3.05) is 13.1 Å². The fraction of sp³-hybridized carbons (Fsp3) is 0.500. The molecule has 8 N–H and O–H groups in total. The van der Waals surface area contributed by atoms with E-state index in [9.17, 15) is 24.3 Å².